The van der Waals surface area contributed by atoms with Gasteiger partial charge in [-0.2, -0.15) is 0 Å². The number of carbonyl (C=O) groups excluding carboxylic acids is 2. The van der Waals surface area contributed by atoms with Gasteiger partial charge in [0.15, 0.2) is 5.78 Å². The third kappa shape index (κ3) is 4.11. The van der Waals surface area contributed by atoms with Crippen molar-refractivity contribution in [3.05, 3.63) is 64.9 Å². The molecule has 0 aliphatic rings. The van der Waals surface area contributed by atoms with E-state index >= 15 is 0 Å². The van der Waals surface area contributed by atoms with Gasteiger partial charge in [0, 0.05) is 22.9 Å². The third-order valence-electron chi connectivity index (χ3n) is 4.73. The summed E-state index contributed by atoms with van der Waals surface area (Å²) in [5.41, 5.74) is 4.64. The Bertz CT molecular complexity index is 978. The second-order valence-electron chi connectivity index (χ2n) is 7.07. The zero-order valence-electron chi connectivity index (χ0n) is 16.2. The lowest BCUT2D eigenvalue weighted by molar-refractivity contribution is -0.133. The molecule has 0 fully saturated rings. The number of esters is 1. The van der Waals surface area contributed by atoms with Crippen LogP contribution in [0.4, 0.5) is 0 Å². The minimum Gasteiger partial charge on any atom is -0.464 e. The number of hydrogen-bond donors (Lipinski definition) is 0. The van der Waals surface area contributed by atoms with Crippen LogP contribution in [0.2, 0.25) is 0 Å². The highest BCUT2D eigenvalue weighted by Crippen LogP contribution is 2.29. The first-order chi connectivity index (χ1) is 12.9. The normalized spacial score (nSPS) is 11.1. The lowest BCUT2D eigenvalue weighted by Gasteiger charge is -2.10. The van der Waals surface area contributed by atoms with Crippen molar-refractivity contribution in [3.8, 4) is 5.75 Å². The lowest BCUT2D eigenvalue weighted by Crippen LogP contribution is -2.11. The second kappa shape index (κ2) is 7.78. The van der Waals surface area contributed by atoms with E-state index in [-0.39, 0.29) is 18.2 Å². The van der Waals surface area contributed by atoms with Crippen LogP contribution in [0.3, 0.4) is 0 Å². The Hall–Kier alpha value is -2.88. The number of rotatable bonds is 6. The van der Waals surface area contributed by atoms with Crippen molar-refractivity contribution in [2.75, 3.05) is 0 Å². The van der Waals surface area contributed by atoms with Crippen LogP contribution in [-0.4, -0.2) is 11.8 Å². The van der Waals surface area contributed by atoms with Crippen LogP contribution < -0.4 is 4.74 Å². The average molecular weight is 364 g/mol. The molecule has 2 aromatic carbocycles. The molecular formula is C23H24O4. The number of carbonyl (C=O) groups is 2. The van der Waals surface area contributed by atoms with Crippen molar-refractivity contribution >= 4 is 22.7 Å². The SMILES string of the molecule is CCC(=O)c1ccc(OC(=O)Cc2coc3cc(C)c(C(C)C)cc23)cc1. The first-order valence-corrected chi connectivity index (χ1v) is 9.23. The molecule has 0 bridgehead atoms. The zero-order chi connectivity index (χ0) is 19.6. The van der Waals surface area contributed by atoms with E-state index in [1.54, 1.807) is 30.5 Å². The van der Waals surface area contributed by atoms with Gasteiger partial charge in [0.1, 0.15) is 11.3 Å². The Morgan fingerprint density at radius 3 is 2.44 bits per heavy atom. The fourth-order valence-electron chi connectivity index (χ4n) is 3.24. The Morgan fingerprint density at radius 2 is 1.81 bits per heavy atom. The summed E-state index contributed by atoms with van der Waals surface area (Å²) < 4.78 is 11.0. The van der Waals surface area contributed by atoms with Gasteiger partial charge in [0.25, 0.3) is 0 Å². The first kappa shape index (κ1) is 18.9. The third-order valence-corrected chi connectivity index (χ3v) is 4.73. The number of benzene rings is 2. The predicted octanol–water partition coefficient (Wildman–Crippen LogP) is 5.61. The molecule has 0 spiro atoms. The number of Topliss-reactive ketones (excluding diaryl/α,β-unsaturated/α-hetero) is 1. The Balaban J connectivity index is 1.76. The van der Waals surface area contributed by atoms with E-state index in [4.69, 9.17) is 9.15 Å². The minimum atomic E-state index is -0.362. The summed E-state index contributed by atoms with van der Waals surface area (Å²) in [7, 11) is 0. The monoisotopic (exact) mass is 364 g/mol. The van der Waals surface area contributed by atoms with Crippen molar-refractivity contribution in [3.63, 3.8) is 0 Å². The van der Waals surface area contributed by atoms with Crippen LogP contribution in [0.1, 0.15) is 60.2 Å². The summed E-state index contributed by atoms with van der Waals surface area (Å²) in [5, 5.41) is 0.949. The van der Waals surface area contributed by atoms with Gasteiger partial charge in [0.05, 0.1) is 12.7 Å². The molecule has 1 aromatic heterocycles. The zero-order valence-corrected chi connectivity index (χ0v) is 16.2. The number of ketones is 1. The molecule has 0 amide bonds. The average Bonchev–Trinajstić information content (AvgIpc) is 3.02. The van der Waals surface area contributed by atoms with E-state index < -0.39 is 0 Å². The number of furan rings is 1. The number of aryl methyl sites for hydroxylation is 1. The number of fused-ring (bicyclic) bond motifs is 1. The maximum atomic E-state index is 12.4. The van der Waals surface area contributed by atoms with Gasteiger partial charge in [-0.1, -0.05) is 20.8 Å². The summed E-state index contributed by atoms with van der Waals surface area (Å²) >= 11 is 0. The van der Waals surface area contributed by atoms with E-state index in [0.29, 0.717) is 23.7 Å². The van der Waals surface area contributed by atoms with Crippen molar-refractivity contribution in [2.24, 2.45) is 0 Å². The van der Waals surface area contributed by atoms with Gasteiger partial charge in [0.2, 0.25) is 0 Å². The molecule has 0 aliphatic carbocycles. The topological polar surface area (TPSA) is 56.5 Å². The Kier molecular flexibility index (Phi) is 5.45. The highest BCUT2D eigenvalue weighted by molar-refractivity contribution is 5.96. The molecule has 3 aromatic rings. The summed E-state index contributed by atoms with van der Waals surface area (Å²) in [6.45, 7) is 8.18. The number of ether oxygens (including phenoxy) is 1. The van der Waals surface area contributed by atoms with E-state index in [0.717, 1.165) is 16.5 Å². The van der Waals surface area contributed by atoms with E-state index in [1.165, 1.54) is 11.1 Å². The van der Waals surface area contributed by atoms with E-state index in [1.807, 2.05) is 13.0 Å². The largest absolute Gasteiger partial charge is 0.464 e. The predicted molar refractivity (Wildman–Crippen MR) is 105 cm³/mol. The highest BCUT2D eigenvalue weighted by atomic mass is 16.5. The van der Waals surface area contributed by atoms with Gasteiger partial charge in [-0.25, -0.2) is 0 Å². The minimum absolute atomic E-state index is 0.0639. The fraction of sp³-hybridized carbons (Fsp3) is 0.304. The van der Waals surface area contributed by atoms with Crippen LogP contribution in [0.15, 0.2) is 47.1 Å². The molecule has 3 rings (SSSR count). The molecule has 0 atom stereocenters. The van der Waals surface area contributed by atoms with Crippen molar-refractivity contribution in [1.29, 1.82) is 0 Å². The van der Waals surface area contributed by atoms with Gasteiger partial charge in [-0.3, -0.25) is 9.59 Å². The molecule has 1 heterocycles. The van der Waals surface area contributed by atoms with E-state index in [9.17, 15) is 9.59 Å². The summed E-state index contributed by atoms with van der Waals surface area (Å²) in [4.78, 5) is 24.0. The quantitative estimate of drug-likeness (QED) is 0.324. The molecule has 0 saturated carbocycles. The lowest BCUT2D eigenvalue weighted by atomic mass is 9.95. The van der Waals surface area contributed by atoms with E-state index in [2.05, 4.69) is 26.8 Å². The molecule has 0 saturated heterocycles. The highest BCUT2D eigenvalue weighted by Gasteiger charge is 2.15. The molecule has 0 N–H and O–H groups in total. The van der Waals surface area contributed by atoms with Crippen LogP contribution in [0.5, 0.6) is 5.75 Å². The summed E-state index contributed by atoms with van der Waals surface area (Å²) in [5.74, 6) is 0.528. The van der Waals surface area contributed by atoms with Crippen LogP contribution in [0.25, 0.3) is 11.0 Å². The molecule has 4 nitrogen and oxygen atoms in total. The first-order valence-electron chi connectivity index (χ1n) is 9.23. The summed E-state index contributed by atoms with van der Waals surface area (Å²) in [6, 6.07) is 10.8. The Morgan fingerprint density at radius 1 is 1.11 bits per heavy atom. The molecule has 0 aliphatic heterocycles. The van der Waals surface area contributed by atoms with Crippen molar-refractivity contribution in [1.82, 2.24) is 0 Å². The van der Waals surface area contributed by atoms with Crippen LogP contribution >= 0.6 is 0 Å². The second-order valence-corrected chi connectivity index (χ2v) is 7.07. The van der Waals surface area contributed by atoms with Crippen LogP contribution in [0, 0.1) is 6.92 Å². The van der Waals surface area contributed by atoms with Crippen LogP contribution in [-0.2, 0) is 11.2 Å². The molecular weight excluding hydrogens is 340 g/mol. The molecule has 0 radical (unpaired) electrons. The maximum Gasteiger partial charge on any atom is 0.315 e. The van der Waals surface area contributed by atoms with Crippen molar-refractivity contribution < 1.29 is 18.7 Å². The van der Waals surface area contributed by atoms with Gasteiger partial charge in [-0.15, -0.1) is 0 Å². The van der Waals surface area contributed by atoms with Gasteiger partial charge in [-0.05, 0) is 60.4 Å². The van der Waals surface area contributed by atoms with Gasteiger partial charge < -0.3 is 9.15 Å². The van der Waals surface area contributed by atoms with Gasteiger partial charge >= 0.3 is 5.97 Å². The smallest absolute Gasteiger partial charge is 0.315 e. The molecule has 0 unspecified atom stereocenters. The fourth-order valence-corrected chi connectivity index (χ4v) is 3.24. The standard InChI is InChI=1S/C23H24O4/c1-5-21(24)16-6-8-18(9-7-16)27-23(25)11-17-13-26-22-10-15(4)19(14(2)3)12-20(17)22/h6-10,12-14H,5,11H2,1-4H3. The molecule has 4 heteroatoms. The maximum absolute atomic E-state index is 12.4. The summed E-state index contributed by atoms with van der Waals surface area (Å²) in [6.07, 6.45) is 2.20. The van der Waals surface area contributed by atoms with Crippen molar-refractivity contribution in [2.45, 2.75) is 46.5 Å². The number of hydrogen-bond acceptors (Lipinski definition) is 4. The molecule has 27 heavy (non-hydrogen) atoms. The Labute approximate surface area is 159 Å². The molecule has 140 valence electrons.